The number of methoxy groups -OCH3 is 3. The van der Waals surface area contributed by atoms with Gasteiger partial charge in [-0.05, 0) is 54.1 Å². The molecular formula is C43H31CuN4O6+. The summed E-state index contributed by atoms with van der Waals surface area (Å²) in [6, 6.07) is 37.0. The van der Waals surface area contributed by atoms with Crippen LogP contribution in [0.15, 0.2) is 121 Å². The van der Waals surface area contributed by atoms with E-state index in [1.54, 1.807) is 25.3 Å². The van der Waals surface area contributed by atoms with Gasteiger partial charge in [-0.25, -0.2) is 29.5 Å². The summed E-state index contributed by atoms with van der Waals surface area (Å²) in [5, 5.41) is 3.22. The number of nitrogens with zero attached hydrogens (tertiary/aromatic N) is 4. The number of hydrogen-bond donors (Lipinski definition) is 0. The molecule has 0 saturated carbocycles. The van der Waals surface area contributed by atoms with E-state index in [1.165, 1.54) is 14.2 Å². The number of benzene rings is 4. The zero-order valence-corrected chi connectivity index (χ0v) is 30.2. The van der Waals surface area contributed by atoms with E-state index < -0.39 is 11.9 Å². The fourth-order valence-electron chi connectivity index (χ4n) is 6.22. The smallest absolute Gasteiger partial charge is 0.338 e. The number of carbonyl (C=O) groups is 2. The molecule has 0 aliphatic heterocycles. The van der Waals surface area contributed by atoms with Crippen LogP contribution >= 0.6 is 0 Å². The van der Waals surface area contributed by atoms with Crippen molar-refractivity contribution in [2.75, 3.05) is 21.3 Å². The number of aromatic nitrogens is 4. The Morgan fingerprint density at radius 2 is 0.889 bits per heavy atom. The number of para-hydroxylation sites is 4. The Morgan fingerprint density at radius 1 is 0.519 bits per heavy atom. The van der Waals surface area contributed by atoms with E-state index in [9.17, 15) is 14.4 Å². The maximum absolute atomic E-state index is 12.3. The minimum absolute atomic E-state index is 0. The van der Waals surface area contributed by atoms with Gasteiger partial charge < -0.3 is 14.2 Å². The SMILES string of the molecule is COC(=O)c1cc(-c2cc(C(=O)OC)c3ccccc3n2)nc2ccccc12.COCc1cc(-c2cc([C+]=O)c3ccccc3n2)nc2ccccc12.[Cu]. The number of ether oxygens (including phenoxy) is 3. The van der Waals surface area contributed by atoms with Gasteiger partial charge in [0.25, 0.3) is 0 Å². The van der Waals surface area contributed by atoms with Crippen LogP contribution in [0.1, 0.15) is 31.8 Å². The maximum atomic E-state index is 12.3. The third-order valence-corrected chi connectivity index (χ3v) is 8.70. The normalized spacial score (nSPS) is 10.6. The molecular weight excluding hydrogens is 732 g/mol. The van der Waals surface area contributed by atoms with Gasteiger partial charge in [-0.2, -0.15) is 0 Å². The molecule has 269 valence electrons. The second kappa shape index (κ2) is 16.5. The molecule has 8 aromatic rings. The van der Waals surface area contributed by atoms with Crippen LogP contribution in [0, 0.1) is 0 Å². The maximum Gasteiger partial charge on any atom is 0.338 e. The molecule has 0 aliphatic carbocycles. The van der Waals surface area contributed by atoms with Gasteiger partial charge in [0.1, 0.15) is 22.3 Å². The van der Waals surface area contributed by atoms with Gasteiger partial charge >= 0.3 is 18.2 Å². The van der Waals surface area contributed by atoms with Crippen LogP contribution in [0.4, 0.5) is 0 Å². The molecule has 1 radical (unpaired) electrons. The summed E-state index contributed by atoms with van der Waals surface area (Å²) < 4.78 is 15.2. The average Bonchev–Trinajstić information content (AvgIpc) is 3.22. The summed E-state index contributed by atoms with van der Waals surface area (Å²) in [4.78, 5) is 54.7. The molecule has 8 rings (SSSR count). The second-order valence-electron chi connectivity index (χ2n) is 11.9. The molecule has 4 aromatic heterocycles. The quantitative estimate of drug-likeness (QED) is 0.0893. The molecule has 0 atom stereocenters. The van der Waals surface area contributed by atoms with Crippen molar-refractivity contribution >= 4 is 61.8 Å². The number of fused-ring (bicyclic) bond motifs is 4. The fraction of sp³-hybridized carbons (Fsp3) is 0.0930. The molecule has 0 N–H and O–H groups in total. The van der Waals surface area contributed by atoms with Gasteiger partial charge in [-0.15, -0.1) is 4.79 Å². The number of esters is 2. The van der Waals surface area contributed by atoms with E-state index in [0.29, 0.717) is 67.9 Å². The van der Waals surface area contributed by atoms with Gasteiger partial charge in [-0.1, -0.05) is 60.7 Å². The summed E-state index contributed by atoms with van der Waals surface area (Å²) >= 11 is 0. The van der Waals surface area contributed by atoms with Crippen LogP contribution in [0.25, 0.3) is 66.4 Å². The van der Waals surface area contributed by atoms with Crippen molar-refractivity contribution in [3.05, 3.63) is 144 Å². The number of rotatable bonds is 7. The molecule has 0 fully saturated rings. The van der Waals surface area contributed by atoms with E-state index in [1.807, 2.05) is 109 Å². The van der Waals surface area contributed by atoms with Crippen molar-refractivity contribution in [1.29, 1.82) is 0 Å². The van der Waals surface area contributed by atoms with Crippen molar-refractivity contribution in [3.8, 4) is 22.8 Å². The van der Waals surface area contributed by atoms with E-state index >= 15 is 0 Å². The van der Waals surface area contributed by atoms with Gasteiger partial charge in [0, 0.05) is 46.4 Å². The van der Waals surface area contributed by atoms with Crippen molar-refractivity contribution in [2.24, 2.45) is 0 Å². The Labute approximate surface area is 320 Å². The molecule has 10 nitrogen and oxygen atoms in total. The summed E-state index contributed by atoms with van der Waals surface area (Å²) in [5.41, 5.74) is 7.50. The molecule has 11 heteroatoms. The molecule has 0 saturated heterocycles. The Kier molecular flexibility index (Phi) is 11.4. The first-order valence-electron chi connectivity index (χ1n) is 16.5. The molecule has 0 spiro atoms. The predicted octanol–water partition coefficient (Wildman–Crippen LogP) is 8.07. The topological polar surface area (TPSA) is 130 Å². The van der Waals surface area contributed by atoms with E-state index in [0.717, 1.165) is 27.4 Å². The van der Waals surface area contributed by atoms with Crippen LogP contribution < -0.4 is 0 Å². The van der Waals surface area contributed by atoms with E-state index in [4.69, 9.17) is 19.2 Å². The number of hydrogen-bond acceptors (Lipinski definition) is 10. The number of pyridine rings is 4. The Balaban J connectivity index is 0.000000182. The van der Waals surface area contributed by atoms with Gasteiger partial charge in [0.15, 0.2) is 0 Å². The van der Waals surface area contributed by atoms with Gasteiger partial charge in [0.2, 0.25) is 5.56 Å². The molecule has 4 heterocycles. The summed E-state index contributed by atoms with van der Waals surface area (Å²) in [6.07, 6.45) is 2.01. The molecule has 0 aliphatic rings. The predicted molar refractivity (Wildman–Crippen MR) is 203 cm³/mol. The first-order chi connectivity index (χ1) is 25.9. The van der Waals surface area contributed by atoms with E-state index in [-0.39, 0.29) is 17.1 Å². The third-order valence-electron chi connectivity index (χ3n) is 8.70. The third kappa shape index (κ3) is 7.39. The first-order valence-corrected chi connectivity index (χ1v) is 16.5. The van der Waals surface area contributed by atoms with Crippen LogP contribution in [0.2, 0.25) is 0 Å². The standard InChI is InChI=1S/C22H16N2O4.C21H15N2O2.Cu/c1-27-21(25)15-11-19(23-17-9-5-3-7-13(15)17)20-12-16(22(26)28-2)14-8-4-6-10-18(14)24-20;1-25-13-15-11-21(23-19-9-5-3-7-17(15)19)20-10-14(12-24)16-6-2-4-8-18(16)22-20;/h3-12H,1-2H3;2-11H,13H2,1H3;/q;+1;. The Hall–Kier alpha value is -6.48. The zero-order valence-electron chi connectivity index (χ0n) is 29.3. The Bertz CT molecular complexity index is 2600. The summed E-state index contributed by atoms with van der Waals surface area (Å²) in [6.45, 7) is 0.482. The monoisotopic (exact) mass is 762 g/mol. The summed E-state index contributed by atoms with van der Waals surface area (Å²) in [5.74, 6) is -0.928. The minimum atomic E-state index is -0.464. The van der Waals surface area contributed by atoms with Crippen molar-refractivity contribution < 1.29 is 45.7 Å². The van der Waals surface area contributed by atoms with Crippen molar-refractivity contribution in [2.45, 2.75) is 6.61 Å². The second-order valence-corrected chi connectivity index (χ2v) is 11.9. The molecule has 0 bridgehead atoms. The van der Waals surface area contributed by atoms with E-state index in [2.05, 4.69) is 15.0 Å². The average molecular weight is 763 g/mol. The van der Waals surface area contributed by atoms with Crippen molar-refractivity contribution in [3.63, 3.8) is 0 Å². The van der Waals surface area contributed by atoms with Crippen LogP contribution in [-0.2, 0) is 42.7 Å². The fourth-order valence-corrected chi connectivity index (χ4v) is 6.22. The Morgan fingerprint density at radius 3 is 1.33 bits per heavy atom. The van der Waals surface area contributed by atoms with Gasteiger partial charge in [0.05, 0.1) is 66.0 Å². The largest absolute Gasteiger partial charge is 0.465 e. The van der Waals surface area contributed by atoms with Crippen LogP contribution in [0.5, 0.6) is 0 Å². The summed E-state index contributed by atoms with van der Waals surface area (Å²) in [7, 11) is 4.34. The zero-order chi connectivity index (χ0) is 36.9. The molecule has 4 aromatic carbocycles. The number of carbonyl (C=O) groups excluding carboxylic acids is 3. The van der Waals surface area contributed by atoms with Crippen LogP contribution in [0.3, 0.4) is 0 Å². The van der Waals surface area contributed by atoms with Crippen LogP contribution in [-0.4, -0.2) is 59.5 Å². The molecule has 54 heavy (non-hydrogen) atoms. The minimum Gasteiger partial charge on any atom is -0.465 e. The molecule has 0 amide bonds. The van der Waals surface area contributed by atoms with Crippen molar-refractivity contribution in [1.82, 2.24) is 19.9 Å². The molecule has 0 unspecified atom stereocenters. The van der Waals surface area contributed by atoms with Gasteiger partial charge in [-0.3, -0.25) is 0 Å². The first kappa shape index (κ1) is 37.3.